The van der Waals surface area contributed by atoms with Gasteiger partial charge >= 0.3 is 0 Å². The number of thiophene rings is 1. The maximum atomic E-state index is 4.43. The molecule has 0 spiro atoms. The molecule has 1 aliphatic carbocycles. The van der Waals surface area contributed by atoms with Gasteiger partial charge in [0.15, 0.2) is 5.16 Å². The Morgan fingerprint density at radius 1 is 1.28 bits per heavy atom. The van der Waals surface area contributed by atoms with Gasteiger partial charge in [-0.05, 0) is 36.0 Å². The molecule has 18 heavy (non-hydrogen) atoms. The molecule has 1 fully saturated rings. The zero-order chi connectivity index (χ0) is 11.9. The van der Waals surface area contributed by atoms with E-state index in [-0.39, 0.29) is 0 Å². The summed E-state index contributed by atoms with van der Waals surface area (Å²) in [7, 11) is 0. The van der Waals surface area contributed by atoms with E-state index in [9.17, 15) is 0 Å². The third-order valence-electron chi connectivity index (χ3n) is 2.97. The van der Waals surface area contributed by atoms with Crippen LogP contribution in [0.4, 0.5) is 0 Å². The van der Waals surface area contributed by atoms with Crippen LogP contribution in [0, 0.1) is 0 Å². The van der Waals surface area contributed by atoms with Crippen molar-refractivity contribution in [2.45, 2.75) is 29.1 Å². The van der Waals surface area contributed by atoms with Crippen LogP contribution in [0.15, 0.2) is 40.3 Å². The summed E-state index contributed by atoms with van der Waals surface area (Å²) in [5.41, 5.74) is 1.02. The lowest BCUT2D eigenvalue weighted by molar-refractivity contribution is 0.662. The van der Waals surface area contributed by atoms with Gasteiger partial charge in [0.05, 0.1) is 10.2 Å². The molecule has 3 aromatic rings. The topological polar surface area (TPSA) is 43.6 Å². The van der Waals surface area contributed by atoms with Gasteiger partial charge in [-0.1, -0.05) is 0 Å². The van der Waals surface area contributed by atoms with E-state index in [1.165, 1.54) is 12.8 Å². The molecule has 0 atom stereocenters. The highest BCUT2D eigenvalue weighted by molar-refractivity contribution is 7.99. The largest absolute Gasteiger partial charge is 0.323 e. The summed E-state index contributed by atoms with van der Waals surface area (Å²) >= 11 is 3.32. The second-order valence-electron chi connectivity index (χ2n) is 4.26. The molecule has 3 heterocycles. The molecule has 6 heteroatoms. The van der Waals surface area contributed by atoms with Crippen molar-refractivity contribution in [3.8, 4) is 0 Å². The van der Waals surface area contributed by atoms with E-state index in [0.29, 0.717) is 6.04 Å². The summed E-state index contributed by atoms with van der Waals surface area (Å²) in [6, 6.07) is 2.68. The zero-order valence-corrected chi connectivity index (χ0v) is 11.1. The van der Waals surface area contributed by atoms with Gasteiger partial charge in [-0.3, -0.25) is 0 Å². The van der Waals surface area contributed by atoms with Crippen molar-refractivity contribution < 1.29 is 0 Å². The Morgan fingerprint density at radius 2 is 2.22 bits per heavy atom. The standard InChI is InChI=1S/C12H10N4S2/c1-2-8(1)16-5-4-13-12(16)18-11-10-9(3-6-17-10)14-7-15-11/h3-8H,1-2H2. The molecule has 1 saturated carbocycles. The molecule has 0 saturated heterocycles. The summed E-state index contributed by atoms with van der Waals surface area (Å²) < 4.78 is 3.40. The van der Waals surface area contributed by atoms with Crippen LogP contribution in [0.3, 0.4) is 0 Å². The number of rotatable bonds is 3. The third-order valence-corrected chi connectivity index (χ3v) is 5.01. The van der Waals surface area contributed by atoms with Gasteiger partial charge in [-0.2, -0.15) is 0 Å². The van der Waals surface area contributed by atoms with Crippen LogP contribution in [-0.2, 0) is 0 Å². The minimum atomic E-state index is 0.649. The lowest BCUT2D eigenvalue weighted by Crippen LogP contribution is -1.94. The van der Waals surface area contributed by atoms with Gasteiger partial charge in [0.1, 0.15) is 11.4 Å². The van der Waals surface area contributed by atoms with Crippen molar-refractivity contribution in [2.24, 2.45) is 0 Å². The van der Waals surface area contributed by atoms with E-state index < -0.39 is 0 Å². The molecule has 0 amide bonds. The third kappa shape index (κ3) is 1.72. The Labute approximate surface area is 112 Å². The summed E-state index contributed by atoms with van der Waals surface area (Å²) in [6.07, 6.45) is 8.09. The maximum Gasteiger partial charge on any atom is 0.174 e. The van der Waals surface area contributed by atoms with Crippen LogP contribution >= 0.6 is 23.1 Å². The fraction of sp³-hybridized carbons (Fsp3) is 0.250. The van der Waals surface area contributed by atoms with Crippen LogP contribution in [0.25, 0.3) is 10.2 Å². The average Bonchev–Trinajstić information content (AvgIpc) is 2.93. The molecule has 0 aliphatic heterocycles. The van der Waals surface area contributed by atoms with Crippen LogP contribution in [0.2, 0.25) is 0 Å². The first-order valence-corrected chi connectivity index (χ1v) is 7.50. The summed E-state index contributed by atoms with van der Waals surface area (Å²) in [4.78, 5) is 13.1. The highest BCUT2D eigenvalue weighted by atomic mass is 32.2. The summed E-state index contributed by atoms with van der Waals surface area (Å²) in [5.74, 6) is 0. The molecule has 0 bridgehead atoms. The fourth-order valence-electron chi connectivity index (χ4n) is 1.93. The second-order valence-corrected chi connectivity index (χ2v) is 6.14. The Kier molecular flexibility index (Phi) is 2.38. The zero-order valence-electron chi connectivity index (χ0n) is 9.48. The SMILES string of the molecule is c1cn(C2CC2)c(Sc2ncnc3ccsc23)n1. The molecule has 0 N–H and O–H groups in total. The van der Waals surface area contributed by atoms with Gasteiger partial charge in [-0.25, -0.2) is 15.0 Å². The van der Waals surface area contributed by atoms with Gasteiger partial charge in [0.2, 0.25) is 0 Å². The number of nitrogens with zero attached hydrogens (tertiary/aromatic N) is 4. The Bertz CT molecular complexity index is 699. The van der Waals surface area contributed by atoms with Crippen LogP contribution in [0.1, 0.15) is 18.9 Å². The predicted molar refractivity (Wildman–Crippen MR) is 72.0 cm³/mol. The predicted octanol–water partition coefficient (Wildman–Crippen LogP) is 3.37. The number of hydrogen-bond acceptors (Lipinski definition) is 5. The molecule has 3 aromatic heterocycles. The van der Waals surface area contributed by atoms with Crippen LogP contribution < -0.4 is 0 Å². The lowest BCUT2D eigenvalue weighted by Gasteiger charge is -2.05. The van der Waals surface area contributed by atoms with E-state index >= 15 is 0 Å². The first-order valence-electron chi connectivity index (χ1n) is 5.81. The highest BCUT2D eigenvalue weighted by Gasteiger charge is 2.26. The highest BCUT2D eigenvalue weighted by Crippen LogP contribution is 2.40. The first-order chi connectivity index (χ1) is 8.92. The van der Waals surface area contributed by atoms with Crippen molar-refractivity contribution in [2.75, 3.05) is 0 Å². The molecule has 4 nitrogen and oxygen atoms in total. The van der Waals surface area contributed by atoms with E-state index in [1.54, 1.807) is 29.4 Å². The van der Waals surface area contributed by atoms with E-state index in [0.717, 1.165) is 20.4 Å². The van der Waals surface area contributed by atoms with E-state index in [4.69, 9.17) is 0 Å². The quantitative estimate of drug-likeness (QED) is 0.687. The minimum Gasteiger partial charge on any atom is -0.323 e. The van der Waals surface area contributed by atoms with Crippen LogP contribution in [0.5, 0.6) is 0 Å². The van der Waals surface area contributed by atoms with Crippen LogP contribution in [-0.4, -0.2) is 19.5 Å². The van der Waals surface area contributed by atoms with Gasteiger partial charge in [0.25, 0.3) is 0 Å². The van der Waals surface area contributed by atoms with Gasteiger partial charge in [-0.15, -0.1) is 11.3 Å². The molecular formula is C12H10N4S2. The molecular weight excluding hydrogens is 264 g/mol. The molecule has 4 rings (SSSR count). The Morgan fingerprint density at radius 3 is 3.11 bits per heavy atom. The molecule has 0 aromatic carbocycles. The molecule has 0 unspecified atom stereocenters. The van der Waals surface area contributed by atoms with Crippen molar-refractivity contribution in [1.82, 2.24) is 19.5 Å². The molecule has 1 aliphatic rings. The summed E-state index contributed by atoms with van der Waals surface area (Å²) in [5, 5.41) is 4.09. The molecule has 0 radical (unpaired) electrons. The second kappa shape index (κ2) is 4.07. The average molecular weight is 274 g/mol. The van der Waals surface area contributed by atoms with Gasteiger partial charge < -0.3 is 4.57 Å². The first kappa shape index (κ1) is 10.5. The lowest BCUT2D eigenvalue weighted by atomic mass is 10.5. The van der Waals surface area contributed by atoms with Crippen molar-refractivity contribution in [3.05, 3.63) is 30.2 Å². The fourth-order valence-corrected chi connectivity index (χ4v) is 3.83. The van der Waals surface area contributed by atoms with Crippen molar-refractivity contribution >= 4 is 33.3 Å². The minimum absolute atomic E-state index is 0.649. The van der Waals surface area contributed by atoms with E-state index in [1.807, 2.05) is 12.3 Å². The van der Waals surface area contributed by atoms with Crippen molar-refractivity contribution in [3.63, 3.8) is 0 Å². The normalized spacial score (nSPS) is 15.3. The monoisotopic (exact) mass is 274 g/mol. The smallest absolute Gasteiger partial charge is 0.174 e. The number of hydrogen-bond donors (Lipinski definition) is 0. The number of aromatic nitrogens is 4. The Hall–Kier alpha value is -1.40. The maximum absolute atomic E-state index is 4.43. The van der Waals surface area contributed by atoms with Crippen molar-refractivity contribution in [1.29, 1.82) is 0 Å². The van der Waals surface area contributed by atoms with E-state index in [2.05, 4.69) is 31.1 Å². The number of imidazole rings is 1. The molecule has 90 valence electrons. The van der Waals surface area contributed by atoms with Gasteiger partial charge in [0, 0.05) is 18.4 Å². The summed E-state index contributed by atoms with van der Waals surface area (Å²) in [6.45, 7) is 0. The number of fused-ring (bicyclic) bond motifs is 1. The Balaban J connectivity index is 1.75.